The number of thiophene rings is 1. The van der Waals surface area contributed by atoms with Crippen molar-refractivity contribution in [2.75, 3.05) is 6.54 Å². The van der Waals surface area contributed by atoms with Crippen LogP contribution in [0.5, 0.6) is 0 Å². The maximum Gasteiger partial charge on any atom is 0.303 e. The van der Waals surface area contributed by atoms with Crippen molar-refractivity contribution in [2.24, 2.45) is 5.92 Å². The van der Waals surface area contributed by atoms with Gasteiger partial charge in [0.1, 0.15) is 4.88 Å². The van der Waals surface area contributed by atoms with E-state index in [4.69, 9.17) is 5.11 Å². The summed E-state index contributed by atoms with van der Waals surface area (Å²) in [5, 5.41) is 13.1. The van der Waals surface area contributed by atoms with Crippen LogP contribution in [0.2, 0.25) is 0 Å². The van der Waals surface area contributed by atoms with Gasteiger partial charge in [-0.1, -0.05) is 6.92 Å². The lowest BCUT2D eigenvalue weighted by Crippen LogP contribution is -2.28. The van der Waals surface area contributed by atoms with E-state index >= 15 is 0 Å². The molecule has 1 heterocycles. The van der Waals surface area contributed by atoms with Crippen LogP contribution in [0.3, 0.4) is 0 Å². The molecule has 1 rings (SSSR count). The van der Waals surface area contributed by atoms with Crippen molar-refractivity contribution >= 4 is 39.1 Å². The van der Waals surface area contributed by atoms with Gasteiger partial charge in [-0.2, -0.15) is 0 Å². The summed E-state index contributed by atoms with van der Waals surface area (Å²) in [6, 6.07) is 1.81. The molecule has 1 aromatic heterocycles. The van der Waals surface area contributed by atoms with E-state index in [1.54, 1.807) is 13.0 Å². The highest BCUT2D eigenvalue weighted by Gasteiger charge is 2.13. The van der Waals surface area contributed by atoms with E-state index in [0.29, 0.717) is 11.4 Å². The van der Waals surface area contributed by atoms with Crippen LogP contribution in [-0.2, 0) is 4.79 Å². The molecule has 1 amide bonds. The molecule has 1 unspecified atom stereocenters. The minimum atomic E-state index is -0.848. The Morgan fingerprint density at radius 3 is 2.81 bits per heavy atom. The van der Waals surface area contributed by atoms with Crippen molar-refractivity contribution in [3.05, 3.63) is 20.8 Å². The summed E-state index contributed by atoms with van der Waals surface area (Å²) in [5.41, 5.74) is 0. The van der Waals surface area contributed by atoms with E-state index in [-0.39, 0.29) is 18.2 Å². The van der Waals surface area contributed by atoms with Gasteiger partial charge in [0.05, 0.1) is 0 Å². The number of rotatable bonds is 5. The van der Waals surface area contributed by atoms with E-state index in [1.807, 2.05) is 5.38 Å². The average Bonchev–Trinajstić information content (AvgIpc) is 2.60. The van der Waals surface area contributed by atoms with Crippen LogP contribution in [0, 0.1) is 5.92 Å². The summed E-state index contributed by atoms with van der Waals surface area (Å²) in [7, 11) is 0. The van der Waals surface area contributed by atoms with Gasteiger partial charge in [0.15, 0.2) is 0 Å². The molecule has 0 radical (unpaired) electrons. The predicted octanol–water partition coefficient (Wildman–Crippen LogP) is 2.35. The molecule has 1 atom stereocenters. The lowest BCUT2D eigenvalue weighted by atomic mass is 10.1. The lowest BCUT2D eigenvalue weighted by molar-refractivity contribution is -0.137. The maximum atomic E-state index is 11.6. The molecule has 6 heteroatoms. The second-order valence-electron chi connectivity index (χ2n) is 3.51. The molecule has 16 heavy (non-hydrogen) atoms. The molecule has 0 saturated heterocycles. The number of carboxylic acid groups (broad SMARTS) is 1. The monoisotopic (exact) mass is 305 g/mol. The number of aliphatic carboxylic acids is 1. The third-order valence-electron chi connectivity index (χ3n) is 1.96. The molecule has 0 aliphatic heterocycles. The van der Waals surface area contributed by atoms with E-state index in [9.17, 15) is 9.59 Å². The molecule has 0 fully saturated rings. The van der Waals surface area contributed by atoms with Gasteiger partial charge >= 0.3 is 5.97 Å². The van der Waals surface area contributed by atoms with Gasteiger partial charge in [-0.3, -0.25) is 9.59 Å². The van der Waals surface area contributed by atoms with Gasteiger partial charge in [-0.25, -0.2) is 0 Å². The molecule has 0 bridgehead atoms. The van der Waals surface area contributed by atoms with E-state index in [0.717, 1.165) is 4.47 Å². The predicted molar refractivity (Wildman–Crippen MR) is 65.8 cm³/mol. The molecule has 2 N–H and O–H groups in total. The summed E-state index contributed by atoms with van der Waals surface area (Å²) in [4.78, 5) is 22.7. The summed E-state index contributed by atoms with van der Waals surface area (Å²) in [6.45, 7) is 2.16. The SMILES string of the molecule is CC(CNC(=O)c1sccc1Br)CC(=O)O. The topological polar surface area (TPSA) is 66.4 Å². The van der Waals surface area contributed by atoms with Crippen molar-refractivity contribution < 1.29 is 14.7 Å². The number of carbonyl (C=O) groups excluding carboxylic acids is 1. The highest BCUT2D eigenvalue weighted by atomic mass is 79.9. The molecule has 0 saturated carbocycles. The molecular weight excluding hydrogens is 294 g/mol. The second-order valence-corrected chi connectivity index (χ2v) is 5.28. The van der Waals surface area contributed by atoms with Gasteiger partial charge in [0.2, 0.25) is 0 Å². The number of hydrogen-bond acceptors (Lipinski definition) is 3. The largest absolute Gasteiger partial charge is 0.481 e. The van der Waals surface area contributed by atoms with E-state index in [2.05, 4.69) is 21.2 Å². The average molecular weight is 306 g/mol. The van der Waals surface area contributed by atoms with E-state index in [1.165, 1.54) is 11.3 Å². The number of carboxylic acids is 1. The van der Waals surface area contributed by atoms with Crippen molar-refractivity contribution in [3.63, 3.8) is 0 Å². The number of nitrogens with one attached hydrogen (secondary N) is 1. The number of hydrogen-bond donors (Lipinski definition) is 2. The van der Waals surface area contributed by atoms with Crippen molar-refractivity contribution in [1.29, 1.82) is 0 Å². The first kappa shape index (κ1) is 13.2. The Hall–Kier alpha value is -0.880. The maximum absolute atomic E-state index is 11.6. The van der Waals surface area contributed by atoms with Crippen LogP contribution in [0.15, 0.2) is 15.9 Å². The minimum Gasteiger partial charge on any atom is -0.481 e. The molecule has 0 aliphatic carbocycles. The summed E-state index contributed by atoms with van der Waals surface area (Å²) in [5.74, 6) is -1.08. The first-order valence-electron chi connectivity index (χ1n) is 4.73. The molecule has 4 nitrogen and oxygen atoms in total. The Balaban J connectivity index is 2.42. The van der Waals surface area contributed by atoms with Crippen LogP contribution in [-0.4, -0.2) is 23.5 Å². The Morgan fingerprint density at radius 1 is 1.62 bits per heavy atom. The standard InChI is InChI=1S/C10H12BrNO3S/c1-6(4-8(13)14)5-12-10(15)9-7(11)2-3-16-9/h2-3,6H,4-5H2,1H3,(H,12,15)(H,13,14). The van der Waals surface area contributed by atoms with Crippen LogP contribution >= 0.6 is 27.3 Å². The van der Waals surface area contributed by atoms with Crippen LogP contribution in [0.25, 0.3) is 0 Å². The summed E-state index contributed by atoms with van der Waals surface area (Å²) < 4.78 is 0.765. The van der Waals surface area contributed by atoms with Crippen molar-refractivity contribution in [1.82, 2.24) is 5.32 Å². The zero-order valence-electron chi connectivity index (χ0n) is 8.70. The fraction of sp³-hybridized carbons (Fsp3) is 0.400. The lowest BCUT2D eigenvalue weighted by Gasteiger charge is -2.09. The second kappa shape index (κ2) is 6.00. The van der Waals surface area contributed by atoms with Crippen LogP contribution in [0.4, 0.5) is 0 Å². The van der Waals surface area contributed by atoms with E-state index < -0.39 is 5.97 Å². The van der Waals surface area contributed by atoms with Crippen LogP contribution in [0.1, 0.15) is 23.0 Å². The van der Waals surface area contributed by atoms with Gasteiger partial charge in [-0.05, 0) is 33.3 Å². The normalized spacial score (nSPS) is 12.1. The zero-order chi connectivity index (χ0) is 12.1. The molecule has 1 aromatic rings. The first-order valence-corrected chi connectivity index (χ1v) is 6.41. The van der Waals surface area contributed by atoms with Gasteiger partial charge in [0.25, 0.3) is 5.91 Å². The quantitative estimate of drug-likeness (QED) is 0.877. The smallest absolute Gasteiger partial charge is 0.303 e. The van der Waals surface area contributed by atoms with Gasteiger partial charge in [0, 0.05) is 17.4 Å². The number of halogens is 1. The summed E-state index contributed by atoms with van der Waals surface area (Å²) >= 11 is 4.62. The zero-order valence-corrected chi connectivity index (χ0v) is 11.1. The fourth-order valence-corrected chi connectivity index (χ4v) is 2.64. The Kier molecular flexibility index (Phi) is 4.95. The molecule has 88 valence electrons. The third-order valence-corrected chi connectivity index (χ3v) is 3.79. The van der Waals surface area contributed by atoms with Gasteiger partial charge in [-0.15, -0.1) is 11.3 Å². The Bertz CT molecular complexity index is 391. The highest BCUT2D eigenvalue weighted by molar-refractivity contribution is 9.10. The Morgan fingerprint density at radius 2 is 2.31 bits per heavy atom. The minimum absolute atomic E-state index is 0.0614. The number of carbonyl (C=O) groups is 2. The van der Waals surface area contributed by atoms with Crippen LogP contribution < -0.4 is 5.32 Å². The van der Waals surface area contributed by atoms with Crippen molar-refractivity contribution in [3.8, 4) is 0 Å². The molecule has 0 aromatic carbocycles. The van der Waals surface area contributed by atoms with Crippen molar-refractivity contribution in [2.45, 2.75) is 13.3 Å². The third kappa shape index (κ3) is 3.94. The summed E-state index contributed by atoms with van der Waals surface area (Å²) in [6.07, 6.45) is 0.0614. The Labute approximate surface area is 106 Å². The fourth-order valence-electron chi connectivity index (χ4n) is 1.17. The van der Waals surface area contributed by atoms with Gasteiger partial charge < -0.3 is 10.4 Å². The first-order chi connectivity index (χ1) is 7.50. The molecule has 0 aliphatic rings. The molecule has 0 spiro atoms. The highest BCUT2D eigenvalue weighted by Crippen LogP contribution is 2.22. The molecular formula is C10H12BrNO3S. The number of amides is 1.